The topological polar surface area (TPSA) is 86.0 Å². The summed E-state index contributed by atoms with van der Waals surface area (Å²) in [7, 11) is 0. The zero-order chi connectivity index (χ0) is 20.4. The second-order valence-corrected chi connectivity index (χ2v) is 7.91. The molecule has 1 amide bonds. The van der Waals surface area contributed by atoms with E-state index in [0.717, 1.165) is 23.0 Å². The first kappa shape index (κ1) is 19.5. The summed E-state index contributed by atoms with van der Waals surface area (Å²) in [5, 5.41) is 8.30. The van der Waals surface area contributed by atoms with Gasteiger partial charge in [0.1, 0.15) is 6.10 Å². The number of halogens is 1. The molecule has 8 nitrogen and oxygen atoms in total. The largest absolute Gasteiger partial charge is 0.472 e. The molecule has 0 aromatic carbocycles. The number of piperidine rings is 1. The maximum atomic E-state index is 13.4. The van der Waals surface area contributed by atoms with Crippen molar-refractivity contribution in [3.8, 4) is 11.7 Å². The normalized spacial score (nSPS) is 19.2. The maximum absolute atomic E-state index is 13.4. The number of carbonyl (C=O) groups is 1. The zero-order valence-electron chi connectivity index (χ0n) is 16.2. The highest BCUT2D eigenvalue weighted by atomic mass is 79.9. The van der Waals surface area contributed by atoms with Crippen LogP contribution in [-0.2, 0) is 0 Å². The number of nitrogens with zero attached hydrogens (tertiary/aromatic N) is 6. The minimum Gasteiger partial charge on any atom is -0.472 e. The molecule has 0 bridgehead atoms. The van der Waals surface area contributed by atoms with Crippen molar-refractivity contribution in [2.75, 3.05) is 6.54 Å². The van der Waals surface area contributed by atoms with Crippen molar-refractivity contribution in [1.82, 2.24) is 29.9 Å². The van der Waals surface area contributed by atoms with Crippen molar-refractivity contribution in [3.05, 3.63) is 58.6 Å². The highest BCUT2D eigenvalue weighted by Crippen LogP contribution is 2.25. The number of ether oxygens (including phenoxy) is 1. The van der Waals surface area contributed by atoms with E-state index in [-0.39, 0.29) is 18.1 Å². The quantitative estimate of drug-likeness (QED) is 0.598. The molecule has 4 heterocycles. The van der Waals surface area contributed by atoms with E-state index in [1.807, 2.05) is 36.9 Å². The van der Waals surface area contributed by atoms with Crippen molar-refractivity contribution in [1.29, 1.82) is 0 Å². The lowest BCUT2D eigenvalue weighted by atomic mass is 9.99. The van der Waals surface area contributed by atoms with E-state index in [4.69, 9.17) is 4.74 Å². The van der Waals surface area contributed by atoms with Gasteiger partial charge >= 0.3 is 0 Å². The summed E-state index contributed by atoms with van der Waals surface area (Å²) in [4.78, 5) is 25.4. The van der Waals surface area contributed by atoms with Crippen molar-refractivity contribution in [3.63, 3.8) is 0 Å². The molecule has 1 saturated heterocycles. The van der Waals surface area contributed by atoms with Gasteiger partial charge in [-0.25, -0.2) is 9.97 Å². The first-order chi connectivity index (χ1) is 14.0. The molecule has 0 unspecified atom stereocenters. The number of aryl methyl sites for hydroxylation is 1. The summed E-state index contributed by atoms with van der Waals surface area (Å²) in [5.41, 5.74) is 1.27. The monoisotopic (exact) mass is 456 g/mol. The Morgan fingerprint density at radius 3 is 2.72 bits per heavy atom. The van der Waals surface area contributed by atoms with Crippen LogP contribution < -0.4 is 4.74 Å². The lowest BCUT2D eigenvalue weighted by Crippen LogP contribution is -2.51. The number of hydrogen-bond donors (Lipinski definition) is 0. The summed E-state index contributed by atoms with van der Waals surface area (Å²) in [6.07, 6.45) is 6.42. The van der Waals surface area contributed by atoms with Crippen LogP contribution >= 0.6 is 15.9 Å². The Labute approximate surface area is 177 Å². The van der Waals surface area contributed by atoms with E-state index >= 15 is 0 Å². The number of pyridine rings is 2. The first-order valence-corrected chi connectivity index (χ1v) is 10.3. The van der Waals surface area contributed by atoms with Gasteiger partial charge in [-0.2, -0.15) is 10.2 Å². The van der Waals surface area contributed by atoms with Crippen LogP contribution in [0.2, 0.25) is 0 Å². The standard InChI is InChI=1S/C20H21BrN6O2/c1-13-5-7-16(19(25-13)27-23-9-10-24-27)20(28)26-11-3-4-17(14(26)2)29-18-8-6-15(21)12-22-18/h5-10,12,14,17H,3-4,11H2,1-2H3/t14-,17+/m0/s1. The molecule has 4 rings (SSSR count). The fourth-order valence-corrected chi connectivity index (χ4v) is 3.72. The van der Waals surface area contributed by atoms with Crippen LogP contribution in [0.25, 0.3) is 5.82 Å². The summed E-state index contributed by atoms with van der Waals surface area (Å²) < 4.78 is 6.98. The van der Waals surface area contributed by atoms with E-state index in [0.29, 0.717) is 23.8 Å². The maximum Gasteiger partial charge on any atom is 0.258 e. The summed E-state index contributed by atoms with van der Waals surface area (Å²) >= 11 is 3.38. The molecule has 9 heteroatoms. The number of likely N-dealkylation sites (tertiary alicyclic amines) is 1. The molecule has 1 aliphatic rings. The Morgan fingerprint density at radius 1 is 1.21 bits per heavy atom. The number of aromatic nitrogens is 5. The van der Waals surface area contributed by atoms with Gasteiger partial charge in [-0.1, -0.05) is 0 Å². The Morgan fingerprint density at radius 2 is 2.00 bits per heavy atom. The summed E-state index contributed by atoms with van der Waals surface area (Å²) in [6, 6.07) is 7.22. The Bertz CT molecular complexity index is 993. The molecule has 3 aromatic heterocycles. The highest BCUT2D eigenvalue weighted by molar-refractivity contribution is 9.10. The molecular formula is C20H21BrN6O2. The SMILES string of the molecule is Cc1ccc(C(=O)N2CCC[C@@H](Oc3ccc(Br)cn3)[C@@H]2C)c(-n2nccn2)n1. The number of carbonyl (C=O) groups excluding carboxylic acids is 1. The molecule has 29 heavy (non-hydrogen) atoms. The lowest BCUT2D eigenvalue weighted by Gasteiger charge is -2.39. The average Bonchev–Trinajstić information content (AvgIpc) is 3.25. The summed E-state index contributed by atoms with van der Waals surface area (Å²) in [6.45, 7) is 4.54. The van der Waals surface area contributed by atoms with Crippen LogP contribution in [0.1, 0.15) is 35.8 Å². The predicted octanol–water partition coefficient (Wildman–Crippen LogP) is 3.20. The van der Waals surface area contributed by atoms with Gasteiger partial charge in [0.05, 0.1) is 24.0 Å². The third-order valence-electron chi connectivity index (χ3n) is 5.00. The predicted molar refractivity (Wildman–Crippen MR) is 110 cm³/mol. The molecule has 0 radical (unpaired) electrons. The Balaban J connectivity index is 1.58. The van der Waals surface area contributed by atoms with E-state index in [1.165, 1.54) is 4.80 Å². The van der Waals surface area contributed by atoms with E-state index in [1.54, 1.807) is 24.7 Å². The molecule has 150 valence electrons. The van der Waals surface area contributed by atoms with Gasteiger partial charge in [0, 0.05) is 29.0 Å². The Hall–Kier alpha value is -2.81. The van der Waals surface area contributed by atoms with Crippen LogP contribution in [0, 0.1) is 6.92 Å². The van der Waals surface area contributed by atoms with Crippen molar-refractivity contribution < 1.29 is 9.53 Å². The van der Waals surface area contributed by atoms with E-state index in [9.17, 15) is 4.79 Å². The third kappa shape index (κ3) is 4.14. The Kier molecular flexibility index (Phi) is 5.57. The van der Waals surface area contributed by atoms with E-state index in [2.05, 4.69) is 36.1 Å². The second kappa shape index (κ2) is 8.28. The molecule has 0 saturated carbocycles. The van der Waals surface area contributed by atoms with Crippen LogP contribution in [0.4, 0.5) is 0 Å². The van der Waals surface area contributed by atoms with Gasteiger partial charge in [-0.15, -0.1) is 4.80 Å². The fraction of sp³-hybridized carbons (Fsp3) is 0.350. The number of rotatable bonds is 4. The minimum absolute atomic E-state index is 0.102. The molecule has 3 aromatic rings. The molecule has 1 fully saturated rings. The average molecular weight is 457 g/mol. The summed E-state index contributed by atoms with van der Waals surface area (Å²) in [5.74, 6) is 0.886. The van der Waals surface area contributed by atoms with Crippen LogP contribution in [0.15, 0.2) is 47.3 Å². The molecule has 0 aliphatic carbocycles. The van der Waals surface area contributed by atoms with Gasteiger partial charge < -0.3 is 9.64 Å². The van der Waals surface area contributed by atoms with Gasteiger partial charge in [0.2, 0.25) is 5.88 Å². The van der Waals surface area contributed by atoms with Gasteiger partial charge in [-0.3, -0.25) is 4.79 Å². The van der Waals surface area contributed by atoms with Crippen molar-refractivity contribution >= 4 is 21.8 Å². The smallest absolute Gasteiger partial charge is 0.258 e. The molecule has 1 aliphatic heterocycles. The van der Waals surface area contributed by atoms with Crippen LogP contribution in [-0.4, -0.2) is 54.5 Å². The lowest BCUT2D eigenvalue weighted by molar-refractivity contribution is 0.0266. The van der Waals surface area contributed by atoms with E-state index < -0.39 is 0 Å². The molecule has 2 atom stereocenters. The molecular weight excluding hydrogens is 436 g/mol. The van der Waals surface area contributed by atoms with Crippen LogP contribution in [0.5, 0.6) is 5.88 Å². The van der Waals surface area contributed by atoms with Gasteiger partial charge in [0.25, 0.3) is 5.91 Å². The van der Waals surface area contributed by atoms with Crippen molar-refractivity contribution in [2.24, 2.45) is 0 Å². The fourth-order valence-electron chi connectivity index (χ4n) is 3.48. The third-order valence-corrected chi connectivity index (χ3v) is 5.47. The van der Waals surface area contributed by atoms with Gasteiger partial charge in [-0.05, 0) is 60.8 Å². The molecule has 0 N–H and O–H groups in total. The zero-order valence-corrected chi connectivity index (χ0v) is 17.8. The second-order valence-electron chi connectivity index (χ2n) is 6.99. The number of hydrogen-bond acceptors (Lipinski definition) is 6. The highest BCUT2D eigenvalue weighted by Gasteiger charge is 2.34. The van der Waals surface area contributed by atoms with Crippen molar-refractivity contribution in [2.45, 2.75) is 38.8 Å². The molecule has 0 spiro atoms. The first-order valence-electron chi connectivity index (χ1n) is 9.46. The van der Waals surface area contributed by atoms with Gasteiger partial charge in [0.15, 0.2) is 5.82 Å². The number of amides is 1. The minimum atomic E-state index is -0.133. The van der Waals surface area contributed by atoms with Crippen LogP contribution in [0.3, 0.4) is 0 Å².